The summed E-state index contributed by atoms with van der Waals surface area (Å²) in [5.41, 5.74) is 5.30. The van der Waals surface area contributed by atoms with Gasteiger partial charge in [0.25, 0.3) is 0 Å². The number of hydrogen-bond donors (Lipinski definition) is 1. The minimum atomic E-state index is -3.77. The summed E-state index contributed by atoms with van der Waals surface area (Å²) in [4.78, 5) is -0.376. The molecular weight excluding hydrogens is 299 g/mol. The first-order chi connectivity index (χ1) is 9.39. The summed E-state index contributed by atoms with van der Waals surface area (Å²) in [5.74, 6) is -0.703. The zero-order valence-corrected chi connectivity index (χ0v) is 12.8. The average molecular weight is 316 g/mol. The molecule has 1 aromatic rings. The number of thiocarbonyl (C=S) groups is 1. The van der Waals surface area contributed by atoms with Crippen molar-refractivity contribution < 1.29 is 12.8 Å². The molecule has 0 bridgehead atoms. The Morgan fingerprint density at radius 2 is 2.25 bits per heavy atom. The van der Waals surface area contributed by atoms with Gasteiger partial charge in [0.2, 0.25) is 10.0 Å². The van der Waals surface area contributed by atoms with E-state index in [-0.39, 0.29) is 21.5 Å². The number of nitrogens with zero attached hydrogens (tertiary/aromatic N) is 1. The Balaban J connectivity index is 2.55. The van der Waals surface area contributed by atoms with E-state index in [2.05, 4.69) is 0 Å². The Labute approximate surface area is 123 Å². The Kier molecular flexibility index (Phi) is 4.41. The lowest BCUT2D eigenvalue weighted by atomic mass is 10.2. The van der Waals surface area contributed by atoms with Crippen molar-refractivity contribution in [3.05, 3.63) is 29.6 Å². The second-order valence-electron chi connectivity index (χ2n) is 4.80. The van der Waals surface area contributed by atoms with Crippen LogP contribution in [0.5, 0.6) is 0 Å². The van der Waals surface area contributed by atoms with Crippen LogP contribution in [0.1, 0.15) is 31.7 Å². The van der Waals surface area contributed by atoms with Crippen LogP contribution in [-0.4, -0.2) is 30.3 Å². The lowest BCUT2D eigenvalue weighted by molar-refractivity contribution is 0.379. The summed E-state index contributed by atoms with van der Waals surface area (Å²) in [6.07, 6.45) is 2.37. The molecule has 1 unspecified atom stereocenters. The third-order valence-electron chi connectivity index (χ3n) is 3.60. The second kappa shape index (κ2) is 5.75. The minimum Gasteiger partial charge on any atom is -0.389 e. The lowest BCUT2D eigenvalue weighted by Crippen LogP contribution is -2.36. The summed E-state index contributed by atoms with van der Waals surface area (Å²) < 4.78 is 40.7. The SMILES string of the molecule is CCC1CCCN1S(=O)(=O)c1cccc(F)c1C(N)=S. The topological polar surface area (TPSA) is 63.4 Å². The maximum absolute atomic E-state index is 13.8. The fourth-order valence-electron chi connectivity index (χ4n) is 2.62. The molecule has 4 nitrogen and oxygen atoms in total. The van der Waals surface area contributed by atoms with Gasteiger partial charge in [-0.1, -0.05) is 25.2 Å². The highest BCUT2D eigenvalue weighted by Crippen LogP contribution is 2.30. The van der Waals surface area contributed by atoms with Crippen molar-refractivity contribution in [2.24, 2.45) is 5.73 Å². The highest BCUT2D eigenvalue weighted by atomic mass is 32.2. The van der Waals surface area contributed by atoms with E-state index in [1.54, 1.807) is 0 Å². The van der Waals surface area contributed by atoms with Gasteiger partial charge < -0.3 is 5.73 Å². The molecule has 2 rings (SSSR count). The van der Waals surface area contributed by atoms with Gasteiger partial charge in [-0.05, 0) is 31.4 Å². The Bertz CT molecular complexity index is 631. The maximum atomic E-state index is 13.8. The third kappa shape index (κ3) is 2.57. The molecule has 0 saturated carbocycles. The number of nitrogens with two attached hydrogens (primary N) is 1. The average Bonchev–Trinajstić information content (AvgIpc) is 2.86. The quantitative estimate of drug-likeness (QED) is 0.863. The number of halogens is 1. The van der Waals surface area contributed by atoms with Gasteiger partial charge in [-0.15, -0.1) is 0 Å². The fraction of sp³-hybridized carbons (Fsp3) is 0.462. The van der Waals surface area contributed by atoms with E-state index in [0.29, 0.717) is 6.54 Å². The van der Waals surface area contributed by atoms with Crippen LogP contribution in [0.4, 0.5) is 4.39 Å². The predicted octanol–water partition coefficient (Wildman–Crippen LogP) is 2.02. The van der Waals surface area contributed by atoms with Gasteiger partial charge in [-0.2, -0.15) is 4.31 Å². The number of rotatable bonds is 4. The van der Waals surface area contributed by atoms with E-state index in [9.17, 15) is 12.8 Å². The molecule has 1 aliphatic rings. The molecule has 1 atom stereocenters. The van der Waals surface area contributed by atoms with Crippen LogP contribution in [0.3, 0.4) is 0 Å². The molecule has 1 aromatic carbocycles. The molecule has 1 heterocycles. The van der Waals surface area contributed by atoms with Crippen LogP contribution in [0.2, 0.25) is 0 Å². The van der Waals surface area contributed by atoms with Gasteiger partial charge in [-0.25, -0.2) is 12.8 Å². The minimum absolute atomic E-state index is 0.0394. The van der Waals surface area contributed by atoms with Crippen LogP contribution in [0, 0.1) is 5.82 Å². The van der Waals surface area contributed by atoms with Gasteiger partial charge in [0.05, 0.1) is 10.5 Å². The molecule has 2 N–H and O–H groups in total. The van der Waals surface area contributed by atoms with Crippen molar-refractivity contribution in [2.75, 3.05) is 6.54 Å². The number of benzene rings is 1. The summed E-state index contributed by atoms with van der Waals surface area (Å²) in [5, 5.41) is 0. The monoisotopic (exact) mass is 316 g/mol. The first kappa shape index (κ1) is 15.3. The van der Waals surface area contributed by atoms with Crippen molar-refractivity contribution in [3.8, 4) is 0 Å². The van der Waals surface area contributed by atoms with Crippen LogP contribution >= 0.6 is 12.2 Å². The van der Waals surface area contributed by atoms with Crippen LogP contribution in [-0.2, 0) is 10.0 Å². The van der Waals surface area contributed by atoms with Crippen molar-refractivity contribution in [2.45, 2.75) is 37.1 Å². The summed E-state index contributed by atoms with van der Waals surface area (Å²) >= 11 is 4.79. The smallest absolute Gasteiger partial charge is 0.244 e. The van der Waals surface area contributed by atoms with Gasteiger partial charge in [-0.3, -0.25) is 0 Å². The Hall–Kier alpha value is -1.05. The molecule has 1 fully saturated rings. The van der Waals surface area contributed by atoms with Crippen molar-refractivity contribution in [1.82, 2.24) is 4.31 Å². The van der Waals surface area contributed by atoms with E-state index in [1.165, 1.54) is 16.4 Å². The van der Waals surface area contributed by atoms with Crippen LogP contribution < -0.4 is 5.73 Å². The van der Waals surface area contributed by atoms with Crippen LogP contribution in [0.25, 0.3) is 0 Å². The number of sulfonamides is 1. The third-order valence-corrected chi connectivity index (χ3v) is 5.80. The van der Waals surface area contributed by atoms with E-state index in [4.69, 9.17) is 18.0 Å². The summed E-state index contributed by atoms with van der Waals surface area (Å²) in [7, 11) is -3.77. The highest BCUT2D eigenvalue weighted by molar-refractivity contribution is 7.89. The normalized spacial score (nSPS) is 20.2. The highest BCUT2D eigenvalue weighted by Gasteiger charge is 2.36. The van der Waals surface area contributed by atoms with Crippen molar-refractivity contribution in [3.63, 3.8) is 0 Å². The van der Waals surface area contributed by atoms with E-state index < -0.39 is 15.8 Å². The van der Waals surface area contributed by atoms with E-state index >= 15 is 0 Å². The lowest BCUT2D eigenvalue weighted by Gasteiger charge is -2.24. The van der Waals surface area contributed by atoms with Crippen molar-refractivity contribution >= 4 is 27.2 Å². The number of hydrogen-bond acceptors (Lipinski definition) is 3. The summed E-state index contributed by atoms with van der Waals surface area (Å²) in [6.45, 7) is 2.40. The molecule has 1 aliphatic heterocycles. The molecule has 0 aromatic heterocycles. The van der Waals surface area contributed by atoms with Crippen LogP contribution in [0.15, 0.2) is 23.1 Å². The molecule has 1 saturated heterocycles. The van der Waals surface area contributed by atoms with Crippen molar-refractivity contribution in [1.29, 1.82) is 0 Å². The Morgan fingerprint density at radius 1 is 1.55 bits per heavy atom. The van der Waals surface area contributed by atoms with Gasteiger partial charge in [0.1, 0.15) is 10.8 Å². The fourth-order valence-corrected chi connectivity index (χ4v) is 4.88. The van der Waals surface area contributed by atoms with Gasteiger partial charge >= 0.3 is 0 Å². The first-order valence-electron chi connectivity index (χ1n) is 6.49. The summed E-state index contributed by atoms with van der Waals surface area (Å²) in [6, 6.07) is 3.84. The standard InChI is InChI=1S/C13H17FN2O2S2/c1-2-9-5-4-8-16(9)20(17,18)11-7-3-6-10(14)12(11)13(15)19/h3,6-7,9H,2,4-5,8H2,1H3,(H2,15,19). The molecule has 7 heteroatoms. The molecule has 20 heavy (non-hydrogen) atoms. The predicted molar refractivity (Wildman–Crippen MR) is 79.5 cm³/mol. The molecular formula is C13H17FN2O2S2. The van der Waals surface area contributed by atoms with Gasteiger partial charge in [0, 0.05) is 12.6 Å². The van der Waals surface area contributed by atoms with E-state index in [1.807, 2.05) is 6.92 Å². The molecule has 0 radical (unpaired) electrons. The van der Waals surface area contributed by atoms with Gasteiger partial charge in [0.15, 0.2) is 0 Å². The first-order valence-corrected chi connectivity index (χ1v) is 8.34. The largest absolute Gasteiger partial charge is 0.389 e. The molecule has 110 valence electrons. The second-order valence-corrected chi connectivity index (χ2v) is 7.10. The molecule has 0 spiro atoms. The zero-order chi connectivity index (χ0) is 14.9. The molecule has 0 amide bonds. The zero-order valence-electron chi connectivity index (χ0n) is 11.2. The molecule has 0 aliphatic carbocycles. The maximum Gasteiger partial charge on any atom is 0.244 e. The van der Waals surface area contributed by atoms with E-state index in [0.717, 1.165) is 25.3 Å². The Morgan fingerprint density at radius 3 is 2.85 bits per heavy atom.